The number of hydrogen-bond acceptors (Lipinski definition) is 4. The molecular weight excluding hydrogens is 375 g/mol. The van der Waals surface area contributed by atoms with Gasteiger partial charge in [0.2, 0.25) is 0 Å². The van der Waals surface area contributed by atoms with E-state index in [-0.39, 0.29) is 5.82 Å². The fourth-order valence-electron chi connectivity index (χ4n) is 2.45. The number of halogens is 2. The van der Waals surface area contributed by atoms with Crippen molar-refractivity contribution in [1.82, 2.24) is 14.6 Å². The van der Waals surface area contributed by atoms with E-state index in [9.17, 15) is 4.39 Å². The molecule has 0 unspecified atom stereocenters. The Hall–Kier alpha value is -2.67. The molecule has 7 heteroatoms. The Morgan fingerprint density at radius 1 is 1.25 bits per heavy atom. The molecule has 4 rings (SSSR count). The van der Waals surface area contributed by atoms with E-state index in [1.54, 1.807) is 47.5 Å². The van der Waals surface area contributed by atoms with Crippen LogP contribution in [0.25, 0.3) is 16.9 Å². The standard InChI is InChI=1S/C17H12BrFN4O/c18-13-9-21-23-16(20-8-11-5-6-24-10-11)7-15(22-17(13)23)12-3-1-2-4-14(12)19/h1-7,9-10,20H,8H2. The topological polar surface area (TPSA) is 55.4 Å². The summed E-state index contributed by atoms with van der Waals surface area (Å²) in [6.45, 7) is 0.559. The van der Waals surface area contributed by atoms with E-state index in [0.29, 0.717) is 29.3 Å². The lowest BCUT2D eigenvalue weighted by atomic mass is 10.1. The molecule has 0 bridgehead atoms. The van der Waals surface area contributed by atoms with Crippen LogP contribution in [0, 0.1) is 5.82 Å². The molecule has 0 saturated heterocycles. The van der Waals surface area contributed by atoms with Crippen molar-refractivity contribution >= 4 is 27.4 Å². The van der Waals surface area contributed by atoms with Gasteiger partial charge in [-0.2, -0.15) is 9.61 Å². The molecule has 0 radical (unpaired) electrons. The number of furan rings is 1. The van der Waals surface area contributed by atoms with Gasteiger partial charge in [0.25, 0.3) is 0 Å². The van der Waals surface area contributed by atoms with Gasteiger partial charge in [0.05, 0.1) is 28.9 Å². The van der Waals surface area contributed by atoms with Crippen molar-refractivity contribution in [2.45, 2.75) is 6.54 Å². The van der Waals surface area contributed by atoms with Gasteiger partial charge in [0, 0.05) is 23.7 Å². The number of anilines is 1. The molecule has 24 heavy (non-hydrogen) atoms. The highest BCUT2D eigenvalue weighted by Crippen LogP contribution is 2.27. The first kappa shape index (κ1) is 14.9. The lowest BCUT2D eigenvalue weighted by Crippen LogP contribution is -2.06. The number of nitrogens with zero attached hydrogens (tertiary/aromatic N) is 3. The average Bonchev–Trinajstić information content (AvgIpc) is 3.23. The molecule has 3 aromatic heterocycles. The van der Waals surface area contributed by atoms with E-state index >= 15 is 0 Å². The van der Waals surface area contributed by atoms with Crippen molar-refractivity contribution < 1.29 is 8.81 Å². The molecule has 0 saturated carbocycles. The summed E-state index contributed by atoms with van der Waals surface area (Å²) in [5.41, 5.74) is 2.60. The SMILES string of the molecule is Fc1ccccc1-c1cc(NCc2ccoc2)n2ncc(Br)c2n1. The van der Waals surface area contributed by atoms with Crippen molar-refractivity contribution in [1.29, 1.82) is 0 Å². The predicted octanol–water partition coefficient (Wildman–Crippen LogP) is 4.50. The molecule has 5 nitrogen and oxygen atoms in total. The third-order valence-corrected chi connectivity index (χ3v) is 4.19. The minimum absolute atomic E-state index is 0.314. The number of hydrogen-bond donors (Lipinski definition) is 1. The minimum Gasteiger partial charge on any atom is -0.472 e. The van der Waals surface area contributed by atoms with Gasteiger partial charge in [-0.15, -0.1) is 0 Å². The Balaban J connectivity index is 1.81. The summed E-state index contributed by atoms with van der Waals surface area (Å²) < 4.78 is 21.6. The maximum absolute atomic E-state index is 14.1. The first-order valence-corrected chi connectivity index (χ1v) is 8.06. The Kier molecular flexibility index (Phi) is 3.78. The monoisotopic (exact) mass is 386 g/mol. The van der Waals surface area contributed by atoms with Crippen LogP contribution in [0.15, 0.2) is 64.0 Å². The predicted molar refractivity (Wildman–Crippen MR) is 92.1 cm³/mol. The third kappa shape index (κ3) is 2.67. The number of benzene rings is 1. The lowest BCUT2D eigenvalue weighted by molar-refractivity contribution is 0.564. The van der Waals surface area contributed by atoms with Crippen LogP contribution >= 0.6 is 15.9 Å². The van der Waals surface area contributed by atoms with Gasteiger partial charge < -0.3 is 9.73 Å². The molecule has 1 N–H and O–H groups in total. The van der Waals surface area contributed by atoms with Gasteiger partial charge in [-0.05, 0) is 34.1 Å². The molecule has 3 heterocycles. The Morgan fingerprint density at radius 2 is 2.12 bits per heavy atom. The smallest absolute Gasteiger partial charge is 0.172 e. The Labute approximate surface area is 145 Å². The second kappa shape index (κ2) is 6.09. The fourth-order valence-corrected chi connectivity index (χ4v) is 2.80. The zero-order valence-electron chi connectivity index (χ0n) is 12.4. The molecule has 0 spiro atoms. The van der Waals surface area contributed by atoms with E-state index < -0.39 is 0 Å². The summed E-state index contributed by atoms with van der Waals surface area (Å²) in [4.78, 5) is 4.53. The molecule has 0 aliphatic rings. The summed E-state index contributed by atoms with van der Waals surface area (Å²) in [5, 5.41) is 7.59. The number of rotatable bonds is 4. The van der Waals surface area contributed by atoms with E-state index in [0.717, 1.165) is 10.0 Å². The molecular formula is C17H12BrFN4O. The van der Waals surface area contributed by atoms with Crippen molar-refractivity contribution in [3.63, 3.8) is 0 Å². The van der Waals surface area contributed by atoms with Crippen molar-refractivity contribution in [2.75, 3.05) is 5.32 Å². The molecule has 1 aromatic carbocycles. The van der Waals surface area contributed by atoms with Crippen LogP contribution in [-0.4, -0.2) is 14.6 Å². The molecule has 4 aromatic rings. The third-order valence-electron chi connectivity index (χ3n) is 3.63. The normalized spacial score (nSPS) is 11.1. The van der Waals surface area contributed by atoms with Gasteiger partial charge >= 0.3 is 0 Å². The van der Waals surface area contributed by atoms with Crippen molar-refractivity contribution in [2.24, 2.45) is 0 Å². The second-order valence-corrected chi connectivity index (χ2v) is 6.07. The summed E-state index contributed by atoms with van der Waals surface area (Å²) in [7, 11) is 0. The summed E-state index contributed by atoms with van der Waals surface area (Å²) in [6, 6.07) is 10.2. The molecule has 120 valence electrons. The van der Waals surface area contributed by atoms with Crippen LogP contribution in [0.1, 0.15) is 5.56 Å². The van der Waals surface area contributed by atoms with Gasteiger partial charge in [0.15, 0.2) is 5.65 Å². The van der Waals surface area contributed by atoms with Crippen LogP contribution < -0.4 is 5.32 Å². The van der Waals surface area contributed by atoms with Crippen LogP contribution in [0.2, 0.25) is 0 Å². The molecule has 0 amide bonds. The van der Waals surface area contributed by atoms with E-state index in [4.69, 9.17) is 4.42 Å². The second-order valence-electron chi connectivity index (χ2n) is 5.22. The molecule has 0 aliphatic heterocycles. The van der Waals surface area contributed by atoms with Crippen LogP contribution in [0.3, 0.4) is 0 Å². The molecule has 0 atom stereocenters. The zero-order valence-corrected chi connectivity index (χ0v) is 14.0. The summed E-state index contributed by atoms with van der Waals surface area (Å²) in [5.74, 6) is 0.399. The summed E-state index contributed by atoms with van der Waals surface area (Å²) in [6.07, 6.45) is 4.95. The Bertz CT molecular complexity index is 997. The lowest BCUT2D eigenvalue weighted by Gasteiger charge is -2.10. The fraction of sp³-hybridized carbons (Fsp3) is 0.0588. The van der Waals surface area contributed by atoms with Crippen molar-refractivity contribution in [3.05, 3.63) is 71.0 Å². The number of aromatic nitrogens is 3. The summed E-state index contributed by atoms with van der Waals surface area (Å²) >= 11 is 3.43. The van der Waals surface area contributed by atoms with Crippen LogP contribution in [-0.2, 0) is 6.54 Å². The number of fused-ring (bicyclic) bond motifs is 1. The van der Waals surface area contributed by atoms with Gasteiger partial charge in [-0.25, -0.2) is 9.37 Å². The largest absolute Gasteiger partial charge is 0.472 e. The van der Waals surface area contributed by atoms with Crippen molar-refractivity contribution in [3.8, 4) is 11.3 Å². The zero-order chi connectivity index (χ0) is 16.5. The highest BCUT2D eigenvalue weighted by molar-refractivity contribution is 9.10. The minimum atomic E-state index is -0.314. The van der Waals surface area contributed by atoms with Crippen LogP contribution in [0.4, 0.5) is 10.2 Å². The quantitative estimate of drug-likeness (QED) is 0.560. The Morgan fingerprint density at radius 3 is 2.92 bits per heavy atom. The highest BCUT2D eigenvalue weighted by Gasteiger charge is 2.13. The van der Waals surface area contributed by atoms with Gasteiger partial charge in [0.1, 0.15) is 11.6 Å². The van der Waals surface area contributed by atoms with E-state index in [2.05, 4.69) is 31.3 Å². The molecule has 0 aliphatic carbocycles. The number of nitrogens with one attached hydrogen (secondary N) is 1. The average molecular weight is 387 g/mol. The van der Waals surface area contributed by atoms with Crippen LogP contribution in [0.5, 0.6) is 0 Å². The maximum atomic E-state index is 14.1. The highest BCUT2D eigenvalue weighted by atomic mass is 79.9. The van der Waals surface area contributed by atoms with Gasteiger partial charge in [-0.1, -0.05) is 12.1 Å². The van der Waals surface area contributed by atoms with E-state index in [1.807, 2.05) is 6.07 Å². The first-order chi connectivity index (χ1) is 11.7. The van der Waals surface area contributed by atoms with E-state index in [1.165, 1.54) is 6.07 Å². The maximum Gasteiger partial charge on any atom is 0.172 e. The van der Waals surface area contributed by atoms with Gasteiger partial charge in [-0.3, -0.25) is 0 Å². The first-order valence-electron chi connectivity index (χ1n) is 7.26. The molecule has 0 fully saturated rings.